The number of aromatic nitrogens is 3. The summed E-state index contributed by atoms with van der Waals surface area (Å²) in [6.07, 6.45) is -3.07. The van der Waals surface area contributed by atoms with Crippen LogP contribution < -0.4 is 4.74 Å². The number of imidazole rings is 1. The van der Waals surface area contributed by atoms with Gasteiger partial charge in [-0.05, 0) is 25.1 Å². The van der Waals surface area contributed by atoms with Crippen molar-refractivity contribution in [2.75, 3.05) is 6.61 Å². The molecule has 1 aromatic carbocycles. The van der Waals surface area contributed by atoms with Crippen LogP contribution in [0, 0.1) is 12.8 Å². The van der Waals surface area contributed by atoms with Crippen LogP contribution in [-0.2, 0) is 27.1 Å². The Bertz CT molecular complexity index is 1090. The fourth-order valence-electron chi connectivity index (χ4n) is 2.70. The summed E-state index contributed by atoms with van der Waals surface area (Å²) in [5.74, 6) is -0.512. The summed E-state index contributed by atoms with van der Waals surface area (Å²) in [5.41, 5.74) is 2.37. The number of esters is 1. The number of hydrogen-bond donors (Lipinski definition) is 0. The first-order chi connectivity index (χ1) is 15.2. The third kappa shape index (κ3) is 6.13. The summed E-state index contributed by atoms with van der Waals surface area (Å²) >= 11 is 0.960. The molecule has 0 bridgehead atoms. The summed E-state index contributed by atoms with van der Waals surface area (Å²) in [6.45, 7) is 3.70. The maximum Gasteiger partial charge on any atom is 0.422 e. The first-order valence-electron chi connectivity index (χ1n) is 9.71. The topological polar surface area (TPSA) is 75.5 Å². The second-order valence-corrected chi connectivity index (χ2v) is 7.96. The zero-order valence-corrected chi connectivity index (χ0v) is 18.5. The number of fused-ring (bicyclic) bond motifs is 1. The van der Waals surface area contributed by atoms with E-state index in [4.69, 9.17) is 13.7 Å². The van der Waals surface area contributed by atoms with Crippen LogP contribution in [0.4, 0.5) is 13.2 Å². The first-order valence-corrected chi connectivity index (χ1v) is 10.5. The second kappa shape index (κ2) is 10.2. The van der Waals surface area contributed by atoms with Gasteiger partial charge in [0.1, 0.15) is 12.4 Å². The van der Waals surface area contributed by atoms with Crippen LogP contribution >= 0.6 is 12.0 Å². The Morgan fingerprint density at radius 1 is 1.25 bits per heavy atom. The van der Waals surface area contributed by atoms with E-state index in [1.807, 2.05) is 24.3 Å². The number of ether oxygens (including phenoxy) is 2. The molecule has 2 aromatic heterocycles. The van der Waals surface area contributed by atoms with E-state index in [1.165, 1.54) is 12.3 Å². The molecule has 32 heavy (non-hydrogen) atoms. The SMILES string of the molecule is Cc1c(OCC(F)(F)F)ccnc1COSc1nc2ccccc2n1COC(=O)C(C)C.[HH]. The van der Waals surface area contributed by atoms with E-state index in [9.17, 15) is 18.0 Å². The van der Waals surface area contributed by atoms with Crippen molar-refractivity contribution < 1.29 is 33.0 Å². The molecule has 0 aliphatic rings. The molecule has 0 atom stereocenters. The van der Waals surface area contributed by atoms with Crippen LogP contribution in [0.25, 0.3) is 11.0 Å². The van der Waals surface area contributed by atoms with Gasteiger partial charge in [-0.25, -0.2) is 4.98 Å². The maximum atomic E-state index is 12.4. The van der Waals surface area contributed by atoms with E-state index in [0.29, 0.717) is 21.9 Å². The number of halogens is 3. The molecule has 7 nitrogen and oxygen atoms in total. The molecular weight excluding hydrogens is 447 g/mol. The monoisotopic (exact) mass is 471 g/mol. The van der Waals surface area contributed by atoms with Gasteiger partial charge in [0.25, 0.3) is 0 Å². The van der Waals surface area contributed by atoms with E-state index < -0.39 is 12.8 Å². The fraction of sp³-hybridized carbons (Fsp3) is 0.381. The number of carbonyl (C=O) groups is 1. The van der Waals surface area contributed by atoms with E-state index in [-0.39, 0.29) is 32.4 Å². The van der Waals surface area contributed by atoms with Crippen LogP contribution in [0.5, 0.6) is 5.75 Å². The molecule has 0 N–H and O–H groups in total. The van der Waals surface area contributed by atoms with Crippen molar-refractivity contribution in [3.05, 3.63) is 47.8 Å². The smallest absolute Gasteiger partial charge is 0.422 e. The van der Waals surface area contributed by atoms with Crippen LogP contribution in [0.1, 0.15) is 26.5 Å². The lowest BCUT2D eigenvalue weighted by Crippen LogP contribution is -2.19. The molecule has 0 saturated carbocycles. The van der Waals surface area contributed by atoms with Gasteiger partial charge in [0.05, 0.1) is 34.7 Å². The summed E-state index contributed by atoms with van der Waals surface area (Å²) in [5, 5.41) is 0.463. The number of nitrogens with zero attached hydrogens (tertiary/aromatic N) is 3. The summed E-state index contributed by atoms with van der Waals surface area (Å²) in [4.78, 5) is 20.5. The number of para-hydroxylation sites is 2. The van der Waals surface area contributed by atoms with Crippen LogP contribution in [0.2, 0.25) is 0 Å². The number of pyridine rings is 1. The first kappa shape index (κ1) is 23.9. The van der Waals surface area contributed by atoms with Gasteiger partial charge >= 0.3 is 12.1 Å². The normalized spacial score (nSPS) is 11.8. The number of rotatable bonds is 9. The minimum absolute atomic E-state index is 0. The molecule has 3 rings (SSSR count). The van der Waals surface area contributed by atoms with Crippen LogP contribution in [0.15, 0.2) is 41.7 Å². The van der Waals surface area contributed by atoms with Gasteiger partial charge in [-0.2, -0.15) is 13.2 Å². The van der Waals surface area contributed by atoms with E-state index in [0.717, 1.165) is 17.6 Å². The molecule has 0 aliphatic carbocycles. The molecule has 11 heteroatoms. The highest BCUT2D eigenvalue weighted by atomic mass is 32.2. The highest BCUT2D eigenvalue weighted by Crippen LogP contribution is 2.28. The predicted octanol–water partition coefficient (Wildman–Crippen LogP) is 5.31. The van der Waals surface area contributed by atoms with Crippen LogP contribution in [0.3, 0.4) is 0 Å². The van der Waals surface area contributed by atoms with Gasteiger partial charge in [0.2, 0.25) is 0 Å². The molecule has 0 radical (unpaired) electrons. The van der Waals surface area contributed by atoms with E-state index >= 15 is 0 Å². The van der Waals surface area contributed by atoms with Gasteiger partial charge in [0, 0.05) is 13.2 Å². The van der Waals surface area contributed by atoms with Gasteiger partial charge in [0.15, 0.2) is 18.5 Å². The lowest BCUT2D eigenvalue weighted by Gasteiger charge is -2.13. The molecule has 0 aliphatic heterocycles. The Morgan fingerprint density at radius 3 is 2.72 bits per heavy atom. The largest absolute Gasteiger partial charge is 0.484 e. The number of alkyl halides is 3. The molecule has 0 spiro atoms. The summed E-state index contributed by atoms with van der Waals surface area (Å²) in [6, 6.07) is 8.74. The third-order valence-corrected chi connectivity index (χ3v) is 5.10. The lowest BCUT2D eigenvalue weighted by atomic mass is 10.2. The molecule has 0 unspecified atom stereocenters. The lowest BCUT2D eigenvalue weighted by molar-refractivity contribution is -0.153. The molecule has 174 valence electrons. The molecule has 0 saturated heterocycles. The maximum absolute atomic E-state index is 12.4. The standard InChI is InChI=1S/C21H22F3N3O4S.H2/c1-13(2)19(28)30-12-27-17-7-5-4-6-15(17)26-20(27)32-31-10-16-14(3)18(8-9-25-16)29-11-21(22,23)24;/h4-9,13H,10-12H2,1-3H3;1H. The highest BCUT2D eigenvalue weighted by molar-refractivity contribution is 7.94. The summed E-state index contributed by atoms with van der Waals surface area (Å²) in [7, 11) is 0. The highest BCUT2D eigenvalue weighted by Gasteiger charge is 2.28. The molecular formula is C21H24F3N3O4S. The second-order valence-electron chi connectivity index (χ2n) is 7.19. The van der Waals surface area contributed by atoms with Crippen molar-refractivity contribution in [3.63, 3.8) is 0 Å². The predicted molar refractivity (Wildman–Crippen MR) is 114 cm³/mol. The Kier molecular flexibility index (Phi) is 7.62. The Hall–Kier alpha value is -2.79. The minimum Gasteiger partial charge on any atom is -0.484 e. The van der Waals surface area contributed by atoms with E-state index in [1.54, 1.807) is 25.3 Å². The minimum atomic E-state index is -4.43. The van der Waals surface area contributed by atoms with Gasteiger partial charge in [-0.3, -0.25) is 14.3 Å². The van der Waals surface area contributed by atoms with Crippen molar-refractivity contribution >= 4 is 29.0 Å². The number of hydrogen-bond acceptors (Lipinski definition) is 7. The van der Waals surface area contributed by atoms with Gasteiger partial charge in [-0.15, -0.1) is 0 Å². The van der Waals surface area contributed by atoms with Gasteiger partial charge < -0.3 is 13.7 Å². The fourth-order valence-corrected chi connectivity index (χ4v) is 3.35. The Balaban J connectivity index is 0.00000385. The van der Waals surface area contributed by atoms with Crippen molar-refractivity contribution in [3.8, 4) is 5.75 Å². The molecule has 0 fully saturated rings. The zero-order chi connectivity index (χ0) is 23.3. The van der Waals surface area contributed by atoms with E-state index in [2.05, 4.69) is 9.97 Å². The quantitative estimate of drug-likeness (QED) is 0.309. The van der Waals surface area contributed by atoms with Crippen molar-refractivity contribution in [1.29, 1.82) is 0 Å². The average Bonchev–Trinajstić information content (AvgIpc) is 3.09. The Morgan fingerprint density at radius 2 is 2.00 bits per heavy atom. The molecule has 0 amide bonds. The Labute approximate surface area is 188 Å². The zero-order valence-electron chi connectivity index (χ0n) is 17.7. The van der Waals surface area contributed by atoms with Crippen molar-refractivity contribution in [2.45, 2.75) is 45.4 Å². The van der Waals surface area contributed by atoms with Gasteiger partial charge in [-0.1, -0.05) is 26.0 Å². The van der Waals surface area contributed by atoms with Crippen LogP contribution in [-0.4, -0.2) is 33.3 Å². The van der Waals surface area contributed by atoms with Crippen molar-refractivity contribution in [1.82, 2.24) is 14.5 Å². The third-order valence-electron chi connectivity index (χ3n) is 4.41. The number of carbonyl (C=O) groups excluding carboxylic acids is 1. The molecule has 3 aromatic rings. The average molecular weight is 472 g/mol. The molecule has 2 heterocycles. The summed E-state index contributed by atoms with van der Waals surface area (Å²) < 4.78 is 54.9. The number of benzene rings is 1. The van der Waals surface area contributed by atoms with Crippen molar-refractivity contribution in [2.24, 2.45) is 5.92 Å².